The summed E-state index contributed by atoms with van der Waals surface area (Å²) in [6, 6.07) is 0. The molecule has 1 rings (SSSR count). The van der Waals surface area contributed by atoms with Crippen LogP contribution in [0.5, 0.6) is 0 Å². The maximum atomic E-state index is 3.98. The largest absolute Gasteiger partial charge is 0.338 e. The Balaban J connectivity index is 0.000000490. The summed E-state index contributed by atoms with van der Waals surface area (Å²) in [5.41, 5.74) is 0. The van der Waals surface area contributed by atoms with Crippen molar-refractivity contribution in [2.24, 2.45) is 7.05 Å². The molecule has 40 valence electrons. The quantitative estimate of drug-likeness (QED) is 0.513. The van der Waals surface area contributed by atoms with Crippen molar-refractivity contribution in [1.82, 2.24) is 9.55 Å². The van der Waals surface area contributed by atoms with Crippen molar-refractivity contribution < 1.29 is 19.5 Å². The molecule has 0 aliphatic heterocycles. The third-order valence-corrected chi connectivity index (χ3v) is 1.06. The summed E-state index contributed by atoms with van der Waals surface area (Å²) in [6.45, 7) is 1.97. The summed E-state index contributed by atoms with van der Waals surface area (Å²) in [5, 5.41) is 0. The second-order valence-corrected chi connectivity index (χ2v) is 1.59. The van der Waals surface area contributed by atoms with Gasteiger partial charge in [0.1, 0.15) is 5.82 Å². The number of hydrogen-bond donors (Lipinski definition) is 0. The van der Waals surface area contributed by atoms with E-state index >= 15 is 0 Å². The summed E-state index contributed by atoms with van der Waals surface area (Å²) in [7, 11) is 1.97. The first-order valence-electron chi connectivity index (χ1n) is 2.24. The Morgan fingerprint density at radius 1 is 1.62 bits per heavy atom. The van der Waals surface area contributed by atoms with E-state index in [2.05, 4.69) is 4.98 Å². The maximum absolute atomic E-state index is 3.98. The molecule has 8 heavy (non-hydrogen) atoms. The van der Waals surface area contributed by atoms with Crippen LogP contribution < -0.4 is 0 Å². The molecule has 0 saturated carbocycles. The van der Waals surface area contributed by atoms with Crippen molar-refractivity contribution in [2.45, 2.75) is 6.92 Å². The molecular formula is C5H8N2Zn. The zero-order valence-electron chi connectivity index (χ0n) is 5.26. The molecule has 0 radical (unpaired) electrons. The van der Waals surface area contributed by atoms with Gasteiger partial charge in [-0.1, -0.05) is 0 Å². The van der Waals surface area contributed by atoms with Crippen molar-refractivity contribution in [3.63, 3.8) is 0 Å². The molecular weight excluding hydrogens is 153 g/mol. The minimum Gasteiger partial charge on any atom is -0.338 e. The minimum atomic E-state index is 0. The molecule has 1 aromatic heterocycles. The molecule has 0 bridgehead atoms. The third kappa shape index (κ3) is 1.41. The Morgan fingerprint density at radius 3 is 2.38 bits per heavy atom. The van der Waals surface area contributed by atoms with E-state index in [1.54, 1.807) is 6.20 Å². The van der Waals surface area contributed by atoms with Gasteiger partial charge in [-0.05, 0) is 6.92 Å². The Labute approximate surface area is 61.7 Å². The molecule has 3 heteroatoms. The molecule has 0 aliphatic carbocycles. The van der Waals surface area contributed by atoms with Crippen LogP contribution >= 0.6 is 0 Å². The fourth-order valence-electron chi connectivity index (χ4n) is 0.440. The number of aromatic nitrogens is 2. The zero-order valence-corrected chi connectivity index (χ0v) is 8.22. The van der Waals surface area contributed by atoms with E-state index in [-0.39, 0.29) is 19.5 Å². The normalized spacial score (nSPS) is 8.25. The number of nitrogens with zero attached hydrogens (tertiary/aromatic N) is 2. The molecule has 0 N–H and O–H groups in total. The van der Waals surface area contributed by atoms with Gasteiger partial charge in [-0.3, -0.25) is 0 Å². The smallest absolute Gasteiger partial charge is 0.105 e. The number of hydrogen-bond acceptors (Lipinski definition) is 1. The van der Waals surface area contributed by atoms with E-state index < -0.39 is 0 Å². The third-order valence-electron chi connectivity index (χ3n) is 1.06. The summed E-state index contributed by atoms with van der Waals surface area (Å²) in [5.74, 6) is 1.06. The Morgan fingerprint density at radius 2 is 2.25 bits per heavy atom. The van der Waals surface area contributed by atoms with Gasteiger partial charge < -0.3 is 4.57 Å². The standard InChI is InChI=1S/C5H8N2.Zn/c1-5-6-3-4-7(5)2;/h3-4H,1-2H3;. The monoisotopic (exact) mass is 160 g/mol. The first-order valence-corrected chi connectivity index (χ1v) is 2.24. The summed E-state index contributed by atoms with van der Waals surface area (Å²) >= 11 is 0. The van der Waals surface area contributed by atoms with E-state index in [0.29, 0.717) is 0 Å². The van der Waals surface area contributed by atoms with Crippen LogP contribution in [0.1, 0.15) is 5.82 Å². The van der Waals surface area contributed by atoms with Crippen LogP contribution in [0.15, 0.2) is 12.4 Å². The van der Waals surface area contributed by atoms with E-state index in [4.69, 9.17) is 0 Å². The summed E-state index contributed by atoms with van der Waals surface area (Å²) in [4.78, 5) is 3.98. The molecule has 0 aliphatic rings. The molecule has 0 amide bonds. The predicted molar refractivity (Wildman–Crippen MR) is 27.9 cm³/mol. The van der Waals surface area contributed by atoms with Crippen LogP contribution in [0.2, 0.25) is 0 Å². The topological polar surface area (TPSA) is 17.8 Å². The minimum absolute atomic E-state index is 0. The average Bonchev–Trinajstić information content (AvgIpc) is 1.91. The molecule has 0 unspecified atom stereocenters. The molecule has 1 heterocycles. The van der Waals surface area contributed by atoms with Crippen molar-refractivity contribution in [1.29, 1.82) is 0 Å². The van der Waals surface area contributed by atoms with Crippen LogP contribution in [0, 0.1) is 6.92 Å². The van der Waals surface area contributed by atoms with Crippen LogP contribution in [-0.4, -0.2) is 9.55 Å². The zero-order chi connectivity index (χ0) is 5.28. The second kappa shape index (κ2) is 2.98. The van der Waals surface area contributed by atoms with Crippen LogP contribution in [-0.2, 0) is 26.5 Å². The molecule has 0 aromatic carbocycles. The number of rotatable bonds is 0. The fraction of sp³-hybridized carbons (Fsp3) is 0.400. The van der Waals surface area contributed by atoms with E-state index in [9.17, 15) is 0 Å². The molecule has 0 fully saturated rings. The van der Waals surface area contributed by atoms with Crippen LogP contribution in [0.4, 0.5) is 0 Å². The van der Waals surface area contributed by atoms with Gasteiger partial charge in [0.2, 0.25) is 0 Å². The molecule has 2 nitrogen and oxygen atoms in total. The predicted octanol–water partition coefficient (Wildman–Crippen LogP) is 0.726. The van der Waals surface area contributed by atoms with Crippen molar-refractivity contribution >= 4 is 0 Å². The summed E-state index contributed by atoms with van der Waals surface area (Å²) < 4.78 is 1.97. The van der Waals surface area contributed by atoms with Gasteiger partial charge in [0.15, 0.2) is 0 Å². The van der Waals surface area contributed by atoms with Gasteiger partial charge in [-0.15, -0.1) is 0 Å². The second-order valence-electron chi connectivity index (χ2n) is 1.59. The van der Waals surface area contributed by atoms with E-state index in [0.717, 1.165) is 5.82 Å². The van der Waals surface area contributed by atoms with Crippen LogP contribution in [0.3, 0.4) is 0 Å². The summed E-state index contributed by atoms with van der Waals surface area (Å²) in [6.07, 6.45) is 3.71. The van der Waals surface area contributed by atoms with Gasteiger partial charge in [0, 0.05) is 38.9 Å². The Bertz CT molecular complexity index is 143. The molecule has 1 aromatic rings. The maximum Gasteiger partial charge on any atom is 0.105 e. The average molecular weight is 162 g/mol. The van der Waals surface area contributed by atoms with E-state index in [1.165, 1.54) is 0 Å². The van der Waals surface area contributed by atoms with Gasteiger partial charge in [-0.2, -0.15) is 0 Å². The fourth-order valence-corrected chi connectivity index (χ4v) is 0.440. The van der Waals surface area contributed by atoms with Gasteiger partial charge in [0.25, 0.3) is 0 Å². The molecule has 0 saturated heterocycles. The van der Waals surface area contributed by atoms with Gasteiger partial charge in [0.05, 0.1) is 0 Å². The van der Waals surface area contributed by atoms with E-state index in [1.807, 2.05) is 24.7 Å². The number of aryl methyl sites for hydroxylation is 2. The van der Waals surface area contributed by atoms with Crippen LogP contribution in [0.25, 0.3) is 0 Å². The Kier molecular flexibility index (Phi) is 2.92. The Hall–Kier alpha value is -0.167. The molecule has 0 spiro atoms. The first kappa shape index (κ1) is 7.83. The first-order chi connectivity index (χ1) is 3.30. The molecule has 0 atom stereocenters. The van der Waals surface area contributed by atoms with Crippen molar-refractivity contribution in [3.8, 4) is 0 Å². The van der Waals surface area contributed by atoms with Crippen molar-refractivity contribution in [2.75, 3.05) is 0 Å². The van der Waals surface area contributed by atoms with Gasteiger partial charge >= 0.3 is 0 Å². The van der Waals surface area contributed by atoms with Crippen molar-refractivity contribution in [3.05, 3.63) is 18.2 Å². The number of imidazole rings is 1. The SMILES string of the molecule is Cc1nccn1C.[Zn]. The van der Waals surface area contributed by atoms with Gasteiger partial charge in [-0.25, -0.2) is 4.98 Å².